The summed E-state index contributed by atoms with van der Waals surface area (Å²) in [6.07, 6.45) is 10.0. The Morgan fingerprint density at radius 2 is 2.04 bits per heavy atom. The van der Waals surface area contributed by atoms with Crippen molar-refractivity contribution in [1.82, 2.24) is 5.32 Å². The first-order valence-electron chi connectivity index (χ1n) is 10.8. The molecular formula is C23H38N2O2. The Balaban J connectivity index is 0.00000102. The molecule has 5 atom stereocenters. The summed E-state index contributed by atoms with van der Waals surface area (Å²) in [5, 5.41) is 14.7. The van der Waals surface area contributed by atoms with Gasteiger partial charge in [0.05, 0.1) is 7.11 Å². The van der Waals surface area contributed by atoms with E-state index in [1.54, 1.807) is 7.11 Å². The lowest BCUT2D eigenvalue weighted by Gasteiger charge is -2.53. The Morgan fingerprint density at radius 1 is 1.26 bits per heavy atom. The predicted octanol–water partition coefficient (Wildman–Crippen LogP) is 3.98. The number of rotatable bonds is 3. The Labute approximate surface area is 164 Å². The number of fused-ring (bicyclic) bond motifs is 1. The van der Waals surface area contributed by atoms with Crippen LogP contribution in [0.25, 0.3) is 0 Å². The van der Waals surface area contributed by atoms with Gasteiger partial charge in [0, 0.05) is 17.0 Å². The van der Waals surface area contributed by atoms with Crippen LogP contribution in [0.15, 0.2) is 12.1 Å². The number of methoxy groups -OCH3 is 1. The maximum Gasteiger partial charge on any atom is 0.161 e. The van der Waals surface area contributed by atoms with Gasteiger partial charge in [-0.2, -0.15) is 0 Å². The number of benzene rings is 1. The topological polar surface area (TPSA) is 67.5 Å². The van der Waals surface area contributed by atoms with Gasteiger partial charge in [0.25, 0.3) is 0 Å². The lowest BCUT2D eigenvalue weighted by Crippen LogP contribution is -2.47. The van der Waals surface area contributed by atoms with Crippen molar-refractivity contribution in [2.45, 2.75) is 69.7 Å². The third kappa shape index (κ3) is 3.25. The van der Waals surface area contributed by atoms with Crippen LogP contribution in [-0.2, 0) is 11.8 Å². The minimum absolute atomic E-state index is 0.161. The molecule has 4 nitrogen and oxygen atoms in total. The average molecular weight is 375 g/mol. The summed E-state index contributed by atoms with van der Waals surface area (Å²) in [5.74, 6) is 3.35. The summed E-state index contributed by atoms with van der Waals surface area (Å²) < 4.78 is 5.48. The van der Waals surface area contributed by atoms with Crippen LogP contribution in [0.1, 0.15) is 63.0 Å². The van der Waals surface area contributed by atoms with E-state index >= 15 is 0 Å². The van der Waals surface area contributed by atoms with Gasteiger partial charge in [0.15, 0.2) is 11.5 Å². The molecule has 1 unspecified atom stereocenters. The minimum Gasteiger partial charge on any atom is -0.504 e. The molecule has 0 spiro atoms. The molecule has 4 rings (SSSR count). The van der Waals surface area contributed by atoms with E-state index in [9.17, 15) is 5.11 Å². The molecule has 0 saturated heterocycles. The van der Waals surface area contributed by atoms with E-state index in [0.29, 0.717) is 17.5 Å². The van der Waals surface area contributed by atoms with Crippen molar-refractivity contribution in [2.24, 2.45) is 23.5 Å². The number of hydrogen-bond acceptors (Lipinski definition) is 4. The maximum absolute atomic E-state index is 11.1. The number of aromatic hydroxyl groups is 1. The van der Waals surface area contributed by atoms with Gasteiger partial charge in [-0.1, -0.05) is 25.8 Å². The zero-order valence-electron chi connectivity index (χ0n) is 17.6. The molecule has 0 radical (unpaired) electrons. The molecule has 2 saturated carbocycles. The van der Waals surface area contributed by atoms with Crippen LogP contribution in [0.4, 0.5) is 0 Å². The van der Waals surface area contributed by atoms with E-state index < -0.39 is 0 Å². The average Bonchev–Trinajstić information content (AvgIpc) is 2.87. The smallest absolute Gasteiger partial charge is 0.161 e. The highest BCUT2D eigenvalue weighted by molar-refractivity contribution is 5.55. The van der Waals surface area contributed by atoms with Gasteiger partial charge in [-0.25, -0.2) is 0 Å². The van der Waals surface area contributed by atoms with E-state index in [1.807, 2.05) is 6.07 Å². The summed E-state index contributed by atoms with van der Waals surface area (Å²) in [7, 11) is 5.29. The molecule has 3 aliphatic rings. The van der Waals surface area contributed by atoms with Crippen molar-refractivity contribution in [3.05, 3.63) is 23.3 Å². The largest absolute Gasteiger partial charge is 0.504 e. The first-order chi connectivity index (χ1) is 13.1. The summed E-state index contributed by atoms with van der Waals surface area (Å²) in [5.41, 5.74) is 7.29. The van der Waals surface area contributed by atoms with Gasteiger partial charge < -0.3 is 20.9 Å². The quantitative estimate of drug-likeness (QED) is 0.748. The van der Waals surface area contributed by atoms with E-state index in [4.69, 9.17) is 4.74 Å². The van der Waals surface area contributed by atoms with Crippen molar-refractivity contribution in [1.29, 1.82) is 0 Å². The number of hydrogen-bond donors (Lipinski definition) is 3. The summed E-state index contributed by atoms with van der Waals surface area (Å²) in [4.78, 5) is 0. The SMILES string of the molecule is CCC1C[C@@H]2[C@H]3CCC[C@]2(CC[C@@H]1NC)c1c(ccc(OC)c1O)C3.CN. The fourth-order valence-electron chi connectivity index (χ4n) is 6.68. The number of nitrogens with one attached hydrogen (secondary N) is 1. The lowest BCUT2D eigenvalue weighted by atomic mass is 9.51. The lowest BCUT2D eigenvalue weighted by molar-refractivity contribution is 0.0747. The van der Waals surface area contributed by atoms with Crippen LogP contribution >= 0.6 is 0 Å². The number of ether oxygens (including phenoxy) is 1. The minimum atomic E-state index is 0.161. The molecule has 152 valence electrons. The Morgan fingerprint density at radius 3 is 2.70 bits per heavy atom. The Hall–Kier alpha value is -1.26. The van der Waals surface area contributed by atoms with Gasteiger partial charge >= 0.3 is 0 Å². The maximum atomic E-state index is 11.1. The van der Waals surface area contributed by atoms with Crippen molar-refractivity contribution in [3.63, 3.8) is 0 Å². The van der Waals surface area contributed by atoms with E-state index in [0.717, 1.165) is 24.2 Å². The number of phenols is 1. The molecular weight excluding hydrogens is 336 g/mol. The van der Waals surface area contributed by atoms with Gasteiger partial charge in [0.2, 0.25) is 0 Å². The van der Waals surface area contributed by atoms with Crippen LogP contribution in [0.3, 0.4) is 0 Å². The van der Waals surface area contributed by atoms with Crippen molar-refractivity contribution in [3.8, 4) is 11.5 Å². The highest BCUT2D eigenvalue weighted by Gasteiger charge is 2.54. The van der Waals surface area contributed by atoms with Crippen LogP contribution in [-0.4, -0.2) is 32.4 Å². The fraction of sp³-hybridized carbons (Fsp3) is 0.739. The normalized spacial score (nSPS) is 34.4. The van der Waals surface area contributed by atoms with E-state index in [-0.39, 0.29) is 5.41 Å². The third-order valence-corrected chi connectivity index (χ3v) is 7.83. The van der Waals surface area contributed by atoms with Gasteiger partial charge in [-0.3, -0.25) is 0 Å². The first-order valence-corrected chi connectivity index (χ1v) is 10.8. The number of nitrogens with two attached hydrogens (primary N) is 1. The van der Waals surface area contributed by atoms with E-state index in [2.05, 4.69) is 31.1 Å². The standard InChI is InChI=1S/C22H33NO2.CH5N/c1-4-14-13-17-15-6-5-10-22(17,11-9-18(14)23-2)20-16(12-15)7-8-19(25-3)21(20)24;1-2/h7-8,14-15,17-18,23-24H,4-6,9-13H2,1-3H3;2H2,1H3/t14?,15-,17+,18-,22+;/m0./s1. The molecule has 27 heavy (non-hydrogen) atoms. The highest BCUT2D eigenvalue weighted by atomic mass is 16.5. The summed E-state index contributed by atoms with van der Waals surface area (Å²) in [6, 6.07) is 4.80. The number of phenolic OH excluding ortho intramolecular Hbond substituents is 1. The molecule has 2 fully saturated rings. The van der Waals surface area contributed by atoms with Crippen molar-refractivity contribution in [2.75, 3.05) is 21.2 Å². The molecule has 0 heterocycles. The first kappa shape index (κ1) is 20.5. The molecule has 3 aliphatic carbocycles. The summed E-state index contributed by atoms with van der Waals surface area (Å²) >= 11 is 0. The molecule has 2 bridgehead atoms. The molecule has 0 amide bonds. The van der Waals surface area contributed by atoms with Gasteiger partial charge in [-0.05, 0) is 82.0 Å². The molecule has 0 aliphatic heterocycles. The fourth-order valence-corrected chi connectivity index (χ4v) is 6.68. The zero-order valence-corrected chi connectivity index (χ0v) is 17.6. The monoisotopic (exact) mass is 374 g/mol. The second-order valence-electron chi connectivity index (χ2n) is 8.61. The van der Waals surface area contributed by atoms with Crippen LogP contribution < -0.4 is 15.8 Å². The summed E-state index contributed by atoms with van der Waals surface area (Å²) in [6.45, 7) is 2.35. The van der Waals surface area contributed by atoms with Crippen molar-refractivity contribution < 1.29 is 9.84 Å². The molecule has 4 N–H and O–H groups in total. The third-order valence-electron chi connectivity index (χ3n) is 7.83. The van der Waals surface area contributed by atoms with Crippen molar-refractivity contribution >= 4 is 0 Å². The van der Waals surface area contributed by atoms with Crippen LogP contribution in [0.2, 0.25) is 0 Å². The Bertz CT molecular complexity index is 648. The second kappa shape index (κ2) is 8.40. The molecule has 1 aromatic rings. The molecule has 4 heteroatoms. The zero-order chi connectivity index (χ0) is 19.6. The van der Waals surface area contributed by atoms with Gasteiger partial charge in [-0.15, -0.1) is 0 Å². The second-order valence-corrected chi connectivity index (χ2v) is 8.61. The van der Waals surface area contributed by atoms with E-state index in [1.165, 1.54) is 63.1 Å². The highest BCUT2D eigenvalue weighted by Crippen LogP contribution is 2.61. The van der Waals surface area contributed by atoms with Crippen LogP contribution in [0.5, 0.6) is 11.5 Å². The predicted molar refractivity (Wildman–Crippen MR) is 111 cm³/mol. The van der Waals surface area contributed by atoms with Gasteiger partial charge in [0.1, 0.15) is 0 Å². The van der Waals surface area contributed by atoms with Crippen LogP contribution in [0, 0.1) is 17.8 Å². The Kier molecular flexibility index (Phi) is 6.37. The molecule has 1 aromatic carbocycles. The molecule has 0 aromatic heterocycles.